The molecule has 0 aromatic heterocycles. The Hall–Kier alpha value is -1.62. The Morgan fingerprint density at radius 2 is 1.89 bits per heavy atom. The van der Waals surface area contributed by atoms with Crippen LogP contribution in [0.3, 0.4) is 0 Å². The first-order valence-corrected chi connectivity index (χ1v) is 5.73. The number of rotatable bonds is 3. The van der Waals surface area contributed by atoms with Crippen LogP contribution in [0.15, 0.2) is 24.3 Å². The maximum Gasteiger partial charge on any atom is 0.407 e. The summed E-state index contributed by atoms with van der Waals surface area (Å²) in [7, 11) is 0. The van der Waals surface area contributed by atoms with Gasteiger partial charge in [-0.25, -0.2) is 9.18 Å². The van der Waals surface area contributed by atoms with Crippen LogP contribution in [0.4, 0.5) is 9.18 Å². The Labute approximate surface area is 106 Å². The molecular weight excluding hydrogens is 235 g/mol. The topological polar surface area (TPSA) is 66.6 Å². The van der Waals surface area contributed by atoms with E-state index >= 15 is 0 Å². The standard InChI is InChI=1S/C13H19FN2O2/c1-13(2,3)16(12(17)18)8-11(15)9-4-6-10(14)7-5-9/h4-7,11H,8,15H2,1-3H3,(H,17,18)/t11-/m1/s1. The smallest absolute Gasteiger partial charge is 0.407 e. The van der Waals surface area contributed by atoms with Gasteiger partial charge in [0.1, 0.15) is 5.82 Å². The molecule has 1 aromatic rings. The number of hydrogen-bond donors (Lipinski definition) is 2. The minimum absolute atomic E-state index is 0.171. The van der Waals surface area contributed by atoms with Crippen LogP contribution in [0.5, 0.6) is 0 Å². The number of nitrogens with zero attached hydrogens (tertiary/aromatic N) is 1. The number of carboxylic acid groups (broad SMARTS) is 1. The monoisotopic (exact) mass is 254 g/mol. The Morgan fingerprint density at radius 1 is 1.39 bits per heavy atom. The first-order chi connectivity index (χ1) is 8.21. The third-order valence-corrected chi connectivity index (χ3v) is 2.72. The highest BCUT2D eigenvalue weighted by atomic mass is 19.1. The summed E-state index contributed by atoms with van der Waals surface area (Å²) in [6.45, 7) is 5.58. The van der Waals surface area contributed by atoms with Gasteiger partial charge in [0.05, 0.1) is 0 Å². The van der Waals surface area contributed by atoms with Gasteiger partial charge in [0.2, 0.25) is 0 Å². The van der Waals surface area contributed by atoms with Crippen LogP contribution in [0.25, 0.3) is 0 Å². The molecule has 0 aliphatic heterocycles. The second kappa shape index (κ2) is 5.35. The molecule has 3 N–H and O–H groups in total. The van der Waals surface area contributed by atoms with E-state index in [0.29, 0.717) is 5.56 Å². The summed E-state index contributed by atoms with van der Waals surface area (Å²) in [5.41, 5.74) is 6.14. The highest BCUT2D eigenvalue weighted by molar-refractivity contribution is 5.66. The van der Waals surface area contributed by atoms with E-state index in [0.717, 1.165) is 0 Å². The zero-order valence-corrected chi connectivity index (χ0v) is 10.9. The SMILES string of the molecule is CC(C)(C)N(C[C@@H](N)c1ccc(F)cc1)C(=O)O. The van der Waals surface area contributed by atoms with Gasteiger partial charge in [0.25, 0.3) is 0 Å². The van der Waals surface area contributed by atoms with Crippen molar-refractivity contribution in [3.63, 3.8) is 0 Å². The molecule has 4 nitrogen and oxygen atoms in total. The second-order valence-corrected chi connectivity index (χ2v) is 5.22. The second-order valence-electron chi connectivity index (χ2n) is 5.22. The largest absolute Gasteiger partial charge is 0.465 e. The van der Waals surface area contributed by atoms with Crippen molar-refractivity contribution < 1.29 is 14.3 Å². The summed E-state index contributed by atoms with van der Waals surface area (Å²) in [5.74, 6) is -0.336. The molecule has 0 saturated heterocycles. The zero-order valence-electron chi connectivity index (χ0n) is 10.9. The Balaban J connectivity index is 2.82. The highest BCUT2D eigenvalue weighted by Gasteiger charge is 2.27. The molecule has 1 amide bonds. The number of nitrogens with two attached hydrogens (primary N) is 1. The molecule has 5 heteroatoms. The average Bonchev–Trinajstić information content (AvgIpc) is 2.24. The quantitative estimate of drug-likeness (QED) is 0.871. The van der Waals surface area contributed by atoms with Crippen LogP contribution in [-0.4, -0.2) is 28.2 Å². The van der Waals surface area contributed by atoms with Crippen LogP contribution in [0, 0.1) is 5.82 Å². The lowest BCUT2D eigenvalue weighted by atomic mass is 10.0. The molecule has 0 heterocycles. The first-order valence-electron chi connectivity index (χ1n) is 5.73. The third-order valence-electron chi connectivity index (χ3n) is 2.72. The Bertz CT molecular complexity index is 412. The summed E-state index contributed by atoms with van der Waals surface area (Å²) >= 11 is 0. The predicted molar refractivity (Wildman–Crippen MR) is 67.8 cm³/mol. The lowest BCUT2D eigenvalue weighted by Crippen LogP contribution is -2.48. The molecule has 0 aliphatic carbocycles. The number of hydrogen-bond acceptors (Lipinski definition) is 2. The van der Waals surface area contributed by atoms with E-state index in [9.17, 15) is 9.18 Å². The van der Waals surface area contributed by atoms with E-state index in [1.165, 1.54) is 17.0 Å². The molecule has 0 fully saturated rings. The maximum atomic E-state index is 12.8. The minimum atomic E-state index is -1.01. The molecule has 0 aliphatic rings. The average molecular weight is 254 g/mol. The number of halogens is 1. The molecule has 0 radical (unpaired) electrons. The zero-order chi connectivity index (χ0) is 13.9. The Morgan fingerprint density at radius 3 is 2.28 bits per heavy atom. The minimum Gasteiger partial charge on any atom is -0.465 e. The highest BCUT2D eigenvalue weighted by Crippen LogP contribution is 2.19. The van der Waals surface area contributed by atoms with E-state index in [4.69, 9.17) is 10.8 Å². The Kier molecular flexibility index (Phi) is 4.29. The van der Waals surface area contributed by atoms with E-state index < -0.39 is 17.7 Å². The molecule has 1 rings (SSSR count). The first kappa shape index (κ1) is 14.4. The molecular formula is C13H19FN2O2. The fraction of sp³-hybridized carbons (Fsp3) is 0.462. The molecule has 0 bridgehead atoms. The van der Waals surface area contributed by atoms with Gasteiger partial charge in [-0.05, 0) is 38.5 Å². The molecule has 1 aromatic carbocycles. The van der Waals surface area contributed by atoms with Gasteiger partial charge in [-0.3, -0.25) is 0 Å². The van der Waals surface area contributed by atoms with Crippen LogP contribution < -0.4 is 5.73 Å². The van der Waals surface area contributed by atoms with Crippen molar-refractivity contribution in [2.45, 2.75) is 32.4 Å². The summed E-state index contributed by atoms with van der Waals surface area (Å²) < 4.78 is 12.8. The van der Waals surface area contributed by atoms with Crippen molar-refractivity contribution in [2.75, 3.05) is 6.54 Å². The van der Waals surface area contributed by atoms with E-state index in [1.807, 2.05) is 0 Å². The van der Waals surface area contributed by atoms with Crippen molar-refractivity contribution in [3.8, 4) is 0 Å². The van der Waals surface area contributed by atoms with Crippen molar-refractivity contribution in [2.24, 2.45) is 5.73 Å². The normalized spacial score (nSPS) is 13.2. The summed E-state index contributed by atoms with van der Waals surface area (Å²) in [6.07, 6.45) is -1.01. The maximum absolute atomic E-state index is 12.8. The van der Waals surface area contributed by atoms with E-state index in [-0.39, 0.29) is 12.4 Å². The molecule has 18 heavy (non-hydrogen) atoms. The summed E-state index contributed by atoms with van der Waals surface area (Å²) in [5, 5.41) is 9.16. The van der Waals surface area contributed by atoms with Gasteiger partial charge in [0.15, 0.2) is 0 Å². The van der Waals surface area contributed by atoms with Crippen molar-refractivity contribution in [1.82, 2.24) is 4.90 Å². The number of carbonyl (C=O) groups is 1. The van der Waals surface area contributed by atoms with Crippen LogP contribution in [0.1, 0.15) is 32.4 Å². The molecule has 100 valence electrons. The van der Waals surface area contributed by atoms with Crippen molar-refractivity contribution in [3.05, 3.63) is 35.6 Å². The molecule has 1 atom stereocenters. The van der Waals surface area contributed by atoms with Crippen LogP contribution in [0.2, 0.25) is 0 Å². The van der Waals surface area contributed by atoms with Gasteiger partial charge < -0.3 is 15.7 Å². The molecule has 0 saturated carbocycles. The van der Waals surface area contributed by atoms with Gasteiger partial charge in [-0.15, -0.1) is 0 Å². The van der Waals surface area contributed by atoms with Crippen molar-refractivity contribution >= 4 is 6.09 Å². The van der Waals surface area contributed by atoms with Gasteiger partial charge in [-0.2, -0.15) is 0 Å². The predicted octanol–water partition coefficient (Wildman–Crippen LogP) is 2.60. The van der Waals surface area contributed by atoms with Crippen LogP contribution in [-0.2, 0) is 0 Å². The van der Waals surface area contributed by atoms with Crippen LogP contribution >= 0.6 is 0 Å². The van der Waals surface area contributed by atoms with E-state index in [2.05, 4.69) is 0 Å². The summed E-state index contributed by atoms with van der Waals surface area (Å²) in [4.78, 5) is 12.5. The molecule has 0 unspecified atom stereocenters. The lowest BCUT2D eigenvalue weighted by molar-refractivity contribution is 0.0960. The van der Waals surface area contributed by atoms with Crippen molar-refractivity contribution in [1.29, 1.82) is 0 Å². The number of amides is 1. The van der Waals surface area contributed by atoms with Gasteiger partial charge in [-0.1, -0.05) is 12.1 Å². The van der Waals surface area contributed by atoms with E-state index in [1.54, 1.807) is 32.9 Å². The fourth-order valence-corrected chi connectivity index (χ4v) is 1.65. The lowest BCUT2D eigenvalue weighted by Gasteiger charge is -2.35. The van der Waals surface area contributed by atoms with Gasteiger partial charge in [0, 0.05) is 18.1 Å². The fourth-order valence-electron chi connectivity index (χ4n) is 1.65. The number of benzene rings is 1. The molecule has 0 spiro atoms. The third kappa shape index (κ3) is 3.70. The summed E-state index contributed by atoms with van der Waals surface area (Å²) in [6, 6.07) is 5.31. The van der Waals surface area contributed by atoms with Gasteiger partial charge >= 0.3 is 6.09 Å².